The topological polar surface area (TPSA) is 97.1 Å². The zero-order valence-corrected chi connectivity index (χ0v) is 13.0. The number of rotatable bonds is 6. The Bertz CT molecular complexity index is 673. The fraction of sp³-hybridized carbons (Fsp3) is 0.273. The van der Waals surface area contributed by atoms with Crippen molar-refractivity contribution in [2.45, 2.75) is 18.2 Å². The van der Waals surface area contributed by atoms with E-state index in [2.05, 4.69) is 40.6 Å². The lowest BCUT2D eigenvalue weighted by molar-refractivity contribution is 0.420. The Hall–Kier alpha value is -1.61. The predicted octanol–water partition coefficient (Wildman–Crippen LogP) is 2.45. The Balaban J connectivity index is 2.36. The molecule has 0 amide bonds. The summed E-state index contributed by atoms with van der Waals surface area (Å²) in [6, 6.07) is 1.49. The third-order valence-corrected chi connectivity index (χ3v) is 4.16. The Labute approximate surface area is 124 Å². The maximum Gasteiger partial charge on any atom is 0.265 e. The van der Waals surface area contributed by atoms with E-state index < -0.39 is 10.0 Å². The molecule has 0 aromatic carbocycles. The molecule has 0 aliphatic carbocycles. The highest BCUT2D eigenvalue weighted by atomic mass is 79.9. The van der Waals surface area contributed by atoms with Gasteiger partial charge in [0.25, 0.3) is 10.0 Å². The first kappa shape index (κ1) is 14.8. The third kappa shape index (κ3) is 3.48. The quantitative estimate of drug-likeness (QED) is 0.820. The second kappa shape index (κ2) is 6.23. The van der Waals surface area contributed by atoms with Gasteiger partial charge >= 0.3 is 0 Å². The third-order valence-electron chi connectivity index (χ3n) is 2.34. The van der Waals surface area contributed by atoms with Crippen LogP contribution in [0.15, 0.2) is 38.6 Å². The van der Waals surface area contributed by atoms with Gasteiger partial charge in [-0.1, -0.05) is 12.1 Å². The van der Waals surface area contributed by atoms with E-state index in [0.717, 1.165) is 6.42 Å². The second-order valence-corrected chi connectivity index (χ2v) is 6.51. The number of sulfonamides is 1. The molecule has 2 N–H and O–H groups in total. The maximum atomic E-state index is 12.4. The van der Waals surface area contributed by atoms with Crippen molar-refractivity contribution in [2.75, 3.05) is 16.6 Å². The van der Waals surface area contributed by atoms with Crippen LogP contribution in [-0.4, -0.2) is 25.1 Å². The molecular formula is C11H13BrN4O3S. The van der Waals surface area contributed by atoms with Crippen molar-refractivity contribution in [3.63, 3.8) is 0 Å². The molecule has 0 saturated carbocycles. The monoisotopic (exact) mass is 360 g/mol. The van der Waals surface area contributed by atoms with E-state index in [9.17, 15) is 8.42 Å². The molecule has 0 aliphatic heterocycles. The van der Waals surface area contributed by atoms with E-state index in [4.69, 9.17) is 0 Å². The molecule has 7 nitrogen and oxygen atoms in total. The van der Waals surface area contributed by atoms with E-state index in [1.165, 1.54) is 24.7 Å². The minimum absolute atomic E-state index is 0.0570. The molecule has 0 unspecified atom stereocenters. The minimum Gasteiger partial charge on any atom is -0.369 e. The Kier molecular flexibility index (Phi) is 4.61. The van der Waals surface area contributed by atoms with Crippen LogP contribution in [0.4, 0.5) is 11.5 Å². The van der Waals surface area contributed by atoms with E-state index in [-0.39, 0.29) is 10.6 Å². The van der Waals surface area contributed by atoms with Gasteiger partial charge in [0.15, 0.2) is 0 Å². The maximum absolute atomic E-state index is 12.4. The van der Waals surface area contributed by atoms with Crippen LogP contribution in [0.5, 0.6) is 0 Å². The summed E-state index contributed by atoms with van der Waals surface area (Å²) < 4.78 is 32.3. The van der Waals surface area contributed by atoms with Gasteiger partial charge in [-0.05, 0) is 28.4 Å². The highest BCUT2D eigenvalue weighted by Gasteiger charge is 2.21. The Morgan fingerprint density at radius 1 is 1.40 bits per heavy atom. The van der Waals surface area contributed by atoms with Gasteiger partial charge in [0.2, 0.25) is 0 Å². The summed E-state index contributed by atoms with van der Waals surface area (Å²) in [5.41, 5.74) is 0.256. The molecule has 0 radical (unpaired) electrons. The largest absolute Gasteiger partial charge is 0.369 e. The van der Waals surface area contributed by atoms with Gasteiger partial charge in [0.05, 0.1) is 6.20 Å². The van der Waals surface area contributed by atoms with Gasteiger partial charge in [-0.15, -0.1) is 0 Å². The number of nitrogens with zero attached hydrogens (tertiary/aromatic N) is 2. The van der Waals surface area contributed by atoms with Crippen LogP contribution >= 0.6 is 15.9 Å². The van der Waals surface area contributed by atoms with Gasteiger partial charge < -0.3 is 9.84 Å². The van der Waals surface area contributed by atoms with Crippen molar-refractivity contribution < 1.29 is 12.9 Å². The van der Waals surface area contributed by atoms with Crippen molar-refractivity contribution >= 4 is 37.5 Å². The van der Waals surface area contributed by atoms with E-state index in [1.807, 2.05) is 6.92 Å². The van der Waals surface area contributed by atoms with Crippen LogP contribution in [0.2, 0.25) is 0 Å². The fourth-order valence-corrected chi connectivity index (χ4v) is 3.13. The Morgan fingerprint density at radius 3 is 2.85 bits per heavy atom. The lowest BCUT2D eigenvalue weighted by Crippen LogP contribution is -2.16. The first-order valence-corrected chi connectivity index (χ1v) is 8.12. The van der Waals surface area contributed by atoms with Crippen molar-refractivity contribution in [2.24, 2.45) is 0 Å². The predicted molar refractivity (Wildman–Crippen MR) is 78.0 cm³/mol. The van der Waals surface area contributed by atoms with Crippen molar-refractivity contribution in [1.29, 1.82) is 0 Å². The summed E-state index contributed by atoms with van der Waals surface area (Å²) >= 11 is 3.22. The van der Waals surface area contributed by atoms with E-state index in [0.29, 0.717) is 16.8 Å². The average molecular weight is 361 g/mol. The molecule has 0 aliphatic rings. The number of aromatic nitrogens is 2. The smallest absolute Gasteiger partial charge is 0.265 e. The van der Waals surface area contributed by atoms with Crippen molar-refractivity contribution in [3.8, 4) is 0 Å². The average Bonchev–Trinajstić information content (AvgIpc) is 2.89. The van der Waals surface area contributed by atoms with Crippen LogP contribution in [0.1, 0.15) is 13.3 Å². The van der Waals surface area contributed by atoms with Crippen LogP contribution in [0.3, 0.4) is 0 Å². The van der Waals surface area contributed by atoms with E-state index in [1.54, 1.807) is 0 Å². The summed E-state index contributed by atoms with van der Waals surface area (Å²) in [5.74, 6) is 0.305. The van der Waals surface area contributed by atoms with Crippen molar-refractivity contribution in [1.82, 2.24) is 10.1 Å². The van der Waals surface area contributed by atoms with E-state index >= 15 is 0 Å². The molecule has 0 bridgehead atoms. The number of halogens is 1. The lowest BCUT2D eigenvalue weighted by atomic mass is 10.4. The number of hydrogen-bond acceptors (Lipinski definition) is 6. The first-order chi connectivity index (χ1) is 9.53. The van der Waals surface area contributed by atoms with Gasteiger partial charge in [-0.2, -0.15) is 0 Å². The standard InChI is InChI=1S/C11H13BrN4O3S/c1-2-3-13-11-10(4-8(12)5-14-11)20(17,18)16-9-6-15-19-7-9/h4-7,16H,2-3H2,1H3,(H,13,14). The molecule has 108 valence electrons. The SMILES string of the molecule is CCCNc1ncc(Br)cc1S(=O)(=O)Nc1cnoc1. The molecule has 2 aromatic rings. The second-order valence-electron chi connectivity index (χ2n) is 3.95. The highest BCUT2D eigenvalue weighted by molar-refractivity contribution is 9.10. The molecule has 2 rings (SSSR count). The van der Waals surface area contributed by atoms with Crippen LogP contribution in [0, 0.1) is 0 Å². The lowest BCUT2D eigenvalue weighted by Gasteiger charge is -2.11. The van der Waals surface area contributed by atoms with Gasteiger partial charge in [-0.3, -0.25) is 4.72 Å². The molecule has 20 heavy (non-hydrogen) atoms. The van der Waals surface area contributed by atoms with Gasteiger partial charge in [-0.25, -0.2) is 13.4 Å². The van der Waals surface area contributed by atoms with Crippen LogP contribution in [0.25, 0.3) is 0 Å². The molecule has 2 heterocycles. The zero-order valence-electron chi connectivity index (χ0n) is 10.6. The molecular weight excluding hydrogens is 348 g/mol. The van der Waals surface area contributed by atoms with Gasteiger partial charge in [0.1, 0.15) is 22.7 Å². The molecule has 0 saturated heterocycles. The number of pyridine rings is 1. The summed E-state index contributed by atoms with van der Waals surface area (Å²) in [7, 11) is -3.77. The van der Waals surface area contributed by atoms with Crippen LogP contribution < -0.4 is 10.0 Å². The van der Waals surface area contributed by atoms with Gasteiger partial charge in [0, 0.05) is 17.2 Å². The van der Waals surface area contributed by atoms with Crippen LogP contribution in [-0.2, 0) is 10.0 Å². The fourth-order valence-electron chi connectivity index (χ4n) is 1.47. The number of hydrogen-bond donors (Lipinski definition) is 2. The van der Waals surface area contributed by atoms with Crippen molar-refractivity contribution in [3.05, 3.63) is 29.2 Å². The molecule has 0 spiro atoms. The molecule has 9 heteroatoms. The molecule has 0 fully saturated rings. The summed E-state index contributed by atoms with van der Waals surface area (Å²) in [5, 5.41) is 6.43. The summed E-state index contributed by atoms with van der Waals surface area (Å²) in [4.78, 5) is 4.15. The summed E-state index contributed by atoms with van der Waals surface area (Å²) in [6.07, 6.45) is 4.89. The molecule has 2 aromatic heterocycles. The Morgan fingerprint density at radius 2 is 2.20 bits per heavy atom. The normalized spacial score (nSPS) is 11.3. The number of nitrogens with one attached hydrogen (secondary N) is 2. The zero-order chi connectivity index (χ0) is 14.6. The molecule has 0 atom stereocenters. The summed E-state index contributed by atoms with van der Waals surface area (Å²) in [6.45, 7) is 2.61. The highest BCUT2D eigenvalue weighted by Crippen LogP contribution is 2.25. The number of anilines is 2. The first-order valence-electron chi connectivity index (χ1n) is 5.84. The minimum atomic E-state index is -3.77.